The van der Waals surface area contributed by atoms with Crippen molar-refractivity contribution < 1.29 is 8.97 Å². The highest BCUT2D eigenvalue weighted by Crippen LogP contribution is 1.97. The van der Waals surface area contributed by atoms with E-state index < -0.39 is 0 Å². The third kappa shape index (κ3) is 14.7. The summed E-state index contributed by atoms with van der Waals surface area (Å²) in [6.07, 6.45) is 0. The van der Waals surface area contributed by atoms with Gasteiger partial charge in [0.1, 0.15) is 0 Å². The molecule has 0 heterocycles. The van der Waals surface area contributed by atoms with E-state index in [0.29, 0.717) is 0 Å². The monoisotopic (exact) mass is 190 g/mol. The van der Waals surface area contributed by atoms with Crippen LogP contribution in [-0.4, -0.2) is 63.8 Å². The van der Waals surface area contributed by atoms with Crippen LogP contribution in [0.25, 0.3) is 0 Å². The Morgan fingerprint density at radius 1 is 0.846 bits per heavy atom. The van der Waals surface area contributed by atoms with E-state index in [1.54, 1.807) is 0 Å². The van der Waals surface area contributed by atoms with Crippen LogP contribution in [0.2, 0.25) is 0 Å². The summed E-state index contributed by atoms with van der Waals surface area (Å²) < 4.78 is 2.12. The number of hydrogen-bond donors (Lipinski definition) is 0. The zero-order valence-electron chi connectivity index (χ0n) is 11.2. The minimum atomic E-state index is 0.736. The van der Waals surface area contributed by atoms with Crippen LogP contribution in [0.1, 0.15) is 20.8 Å². The first kappa shape index (κ1) is 15.4. The quantitative estimate of drug-likeness (QED) is 0.583. The van der Waals surface area contributed by atoms with Crippen molar-refractivity contribution >= 4 is 0 Å². The van der Waals surface area contributed by atoms with Gasteiger partial charge in [-0.05, 0) is 20.8 Å². The molecule has 0 aromatic heterocycles. The Kier molecular flexibility index (Phi) is 6.64. The summed E-state index contributed by atoms with van der Waals surface area (Å²) in [6, 6.07) is 0.736. The topological polar surface area (TPSA) is 0 Å². The molecule has 0 unspecified atom stereocenters. The molecule has 13 heavy (non-hydrogen) atoms. The van der Waals surface area contributed by atoms with Gasteiger partial charge in [-0.1, -0.05) is 0 Å². The van der Waals surface area contributed by atoms with Crippen LogP contribution in [0.4, 0.5) is 0 Å². The Balaban J connectivity index is 0. The van der Waals surface area contributed by atoms with Crippen LogP contribution in [-0.2, 0) is 0 Å². The fourth-order valence-corrected chi connectivity index (χ4v) is 0. The molecule has 0 N–H and O–H groups in total. The van der Waals surface area contributed by atoms with E-state index in [4.69, 9.17) is 0 Å². The second kappa shape index (κ2) is 5.61. The Morgan fingerprint density at radius 2 is 1.00 bits per heavy atom. The van der Waals surface area contributed by atoms with E-state index in [1.807, 2.05) is 0 Å². The fourth-order valence-electron chi connectivity index (χ4n) is 0. The lowest BCUT2D eigenvalue weighted by atomic mass is 10.3. The van der Waals surface area contributed by atoms with Crippen LogP contribution >= 0.6 is 0 Å². The molecule has 0 spiro atoms. The van der Waals surface area contributed by atoms with Crippen molar-refractivity contribution in [1.29, 1.82) is 0 Å². The summed E-state index contributed by atoms with van der Waals surface area (Å²) in [5.41, 5.74) is 0. The molecule has 0 aromatic carbocycles. The summed E-state index contributed by atoms with van der Waals surface area (Å²) in [5, 5.41) is 0. The maximum Gasteiger partial charge on any atom is 0.0827 e. The van der Waals surface area contributed by atoms with Gasteiger partial charge in [-0.3, -0.25) is 0 Å². The predicted octanol–water partition coefficient (Wildman–Crippen LogP) is 1.81. The van der Waals surface area contributed by atoms with Crippen molar-refractivity contribution in [2.24, 2.45) is 0 Å². The zero-order valence-corrected chi connectivity index (χ0v) is 11.2. The highest BCUT2D eigenvalue weighted by molar-refractivity contribution is 4.31. The maximum absolute atomic E-state index is 2.22. The van der Waals surface area contributed by atoms with Gasteiger partial charge in [0.15, 0.2) is 0 Å². The lowest BCUT2D eigenvalue weighted by Gasteiger charge is -2.28. The first-order chi connectivity index (χ1) is 5.50. The average molecular weight is 190 g/mol. The first-order valence-electron chi connectivity index (χ1n) is 5.12. The number of hydrogen-bond acceptors (Lipinski definition) is 0. The molecule has 82 valence electrons. The number of rotatable bonds is 2. The molecule has 0 rings (SSSR count). The number of nitrogens with zero attached hydrogens (tertiary/aromatic N) is 2. The van der Waals surface area contributed by atoms with Gasteiger partial charge in [-0.2, -0.15) is 0 Å². The zero-order chi connectivity index (χ0) is 11.3. The maximum atomic E-state index is 2.22. The summed E-state index contributed by atoms with van der Waals surface area (Å²) in [5.74, 6) is 0. The van der Waals surface area contributed by atoms with E-state index in [0.717, 1.165) is 15.0 Å². The standard InChI is InChI=1S/C6H16N.C5H14N/c1-6(2)7(3,4)5;1-5-6(2,3)4/h6H,1-5H3;5H2,1-4H3/q2*+1. The van der Waals surface area contributed by atoms with Crippen molar-refractivity contribution in [1.82, 2.24) is 0 Å². The molecule has 0 saturated carbocycles. The average Bonchev–Trinajstić information content (AvgIpc) is 1.85. The molecular weight excluding hydrogens is 160 g/mol. The highest BCUT2D eigenvalue weighted by Gasteiger charge is 2.10. The van der Waals surface area contributed by atoms with E-state index >= 15 is 0 Å². The molecule has 2 heteroatoms. The van der Waals surface area contributed by atoms with Crippen molar-refractivity contribution in [3.63, 3.8) is 0 Å². The molecule has 0 bridgehead atoms. The van der Waals surface area contributed by atoms with Crippen molar-refractivity contribution in [3.8, 4) is 0 Å². The van der Waals surface area contributed by atoms with E-state index in [-0.39, 0.29) is 0 Å². The van der Waals surface area contributed by atoms with Gasteiger partial charge in [-0.15, -0.1) is 0 Å². The fraction of sp³-hybridized carbons (Fsp3) is 1.00. The molecule has 0 saturated heterocycles. The van der Waals surface area contributed by atoms with Gasteiger partial charge in [0.25, 0.3) is 0 Å². The van der Waals surface area contributed by atoms with Gasteiger partial charge in [0.2, 0.25) is 0 Å². The molecule has 0 aromatic rings. The second-order valence-electron chi connectivity index (χ2n) is 5.82. The van der Waals surface area contributed by atoms with Crippen LogP contribution < -0.4 is 0 Å². The summed E-state index contributed by atoms with van der Waals surface area (Å²) in [4.78, 5) is 0. The van der Waals surface area contributed by atoms with Crippen molar-refractivity contribution in [2.75, 3.05) is 48.8 Å². The van der Waals surface area contributed by atoms with Gasteiger partial charge in [0.05, 0.1) is 54.9 Å². The molecule has 0 aliphatic heterocycles. The molecule has 0 fully saturated rings. The van der Waals surface area contributed by atoms with Crippen LogP contribution in [0.15, 0.2) is 0 Å². The van der Waals surface area contributed by atoms with Crippen LogP contribution in [0.5, 0.6) is 0 Å². The normalized spacial score (nSPS) is 12.5. The van der Waals surface area contributed by atoms with Crippen LogP contribution in [0.3, 0.4) is 0 Å². The molecule has 0 aliphatic rings. The number of quaternary nitrogens is 2. The van der Waals surface area contributed by atoms with Crippen molar-refractivity contribution in [2.45, 2.75) is 26.8 Å². The molecular formula is C11H30N2+2. The minimum Gasteiger partial charge on any atom is -0.331 e. The third-order valence-electron chi connectivity index (χ3n) is 2.50. The molecule has 2 nitrogen and oxygen atoms in total. The molecule has 0 amide bonds. The summed E-state index contributed by atoms with van der Waals surface area (Å²) in [6.45, 7) is 7.83. The summed E-state index contributed by atoms with van der Waals surface area (Å²) >= 11 is 0. The highest BCUT2D eigenvalue weighted by atomic mass is 15.3. The third-order valence-corrected chi connectivity index (χ3v) is 2.50. The van der Waals surface area contributed by atoms with E-state index in [9.17, 15) is 0 Å². The molecule has 0 aliphatic carbocycles. The van der Waals surface area contributed by atoms with Gasteiger partial charge >= 0.3 is 0 Å². The van der Waals surface area contributed by atoms with E-state index in [2.05, 4.69) is 63.1 Å². The lowest BCUT2D eigenvalue weighted by Crippen LogP contribution is -2.41. The SMILES string of the molecule is CC(C)[N+](C)(C)C.CC[N+](C)(C)C. The minimum absolute atomic E-state index is 0.736. The Morgan fingerprint density at radius 3 is 1.00 bits per heavy atom. The lowest BCUT2D eigenvalue weighted by molar-refractivity contribution is -0.891. The van der Waals surface area contributed by atoms with Crippen molar-refractivity contribution in [3.05, 3.63) is 0 Å². The Labute approximate surface area is 85.3 Å². The second-order valence-corrected chi connectivity index (χ2v) is 5.82. The summed E-state index contributed by atoms with van der Waals surface area (Å²) in [7, 11) is 13.1. The van der Waals surface area contributed by atoms with E-state index in [1.165, 1.54) is 6.54 Å². The smallest absolute Gasteiger partial charge is 0.0827 e. The van der Waals surface area contributed by atoms with Gasteiger partial charge < -0.3 is 8.97 Å². The molecule has 0 radical (unpaired) electrons. The van der Waals surface area contributed by atoms with Gasteiger partial charge in [0, 0.05) is 0 Å². The van der Waals surface area contributed by atoms with Gasteiger partial charge in [-0.25, -0.2) is 0 Å². The van der Waals surface area contributed by atoms with Crippen LogP contribution in [0, 0.1) is 0 Å². The first-order valence-corrected chi connectivity index (χ1v) is 5.12. The molecule has 0 atom stereocenters. The largest absolute Gasteiger partial charge is 0.331 e. The Hall–Kier alpha value is -0.0800. The predicted molar refractivity (Wildman–Crippen MR) is 61.7 cm³/mol. The Bertz CT molecular complexity index is 115.